The molecule has 0 bridgehead atoms. The van der Waals surface area contributed by atoms with Crippen molar-refractivity contribution < 1.29 is 22.6 Å². The van der Waals surface area contributed by atoms with Crippen LogP contribution in [0.1, 0.15) is 23.6 Å². The zero-order valence-electron chi connectivity index (χ0n) is 16.7. The number of fused-ring (bicyclic) bond motifs is 1. The molecule has 0 saturated heterocycles. The highest BCUT2D eigenvalue weighted by atomic mass is 19.4. The predicted molar refractivity (Wildman–Crippen MR) is 102 cm³/mol. The molecule has 0 radical (unpaired) electrons. The number of aromatic nitrogens is 4. The first kappa shape index (κ1) is 21.8. The summed E-state index contributed by atoms with van der Waals surface area (Å²) in [7, 11) is 3.27. The van der Waals surface area contributed by atoms with E-state index in [1.54, 1.807) is 14.2 Å². The number of methoxy groups -OCH3 is 1. The van der Waals surface area contributed by atoms with Crippen LogP contribution in [0.5, 0.6) is 5.88 Å². The van der Waals surface area contributed by atoms with Gasteiger partial charge in [0.05, 0.1) is 18.7 Å². The number of nitrogens with zero attached hydrogens (tertiary/aromatic N) is 5. The molecule has 3 rings (SSSR count). The second kappa shape index (κ2) is 9.74. The normalized spacial score (nSPS) is 16.8. The first-order valence-electron chi connectivity index (χ1n) is 9.44. The third-order valence-corrected chi connectivity index (χ3v) is 4.45. The fourth-order valence-corrected chi connectivity index (χ4v) is 3.02. The smallest absolute Gasteiger partial charge is 0.417 e. The van der Waals surface area contributed by atoms with E-state index in [9.17, 15) is 13.2 Å². The average molecular weight is 427 g/mol. The van der Waals surface area contributed by atoms with E-state index in [1.165, 1.54) is 6.07 Å². The van der Waals surface area contributed by atoms with E-state index in [1.807, 2.05) is 4.68 Å². The Balaban J connectivity index is 1.42. The minimum Gasteiger partial charge on any atom is -0.476 e. The molecule has 30 heavy (non-hydrogen) atoms. The lowest BCUT2D eigenvalue weighted by Crippen LogP contribution is -2.47. The fourth-order valence-electron chi connectivity index (χ4n) is 3.02. The van der Waals surface area contributed by atoms with E-state index in [-0.39, 0.29) is 18.5 Å². The third-order valence-electron chi connectivity index (χ3n) is 4.45. The molecule has 1 aliphatic rings. The van der Waals surface area contributed by atoms with Crippen LogP contribution in [0.25, 0.3) is 0 Å². The molecule has 3 heterocycles. The summed E-state index contributed by atoms with van der Waals surface area (Å²) in [5, 5.41) is 10.9. The molecule has 12 heteroatoms. The summed E-state index contributed by atoms with van der Waals surface area (Å²) < 4.78 is 49.9. The number of pyridine rings is 1. The molecule has 2 aromatic heterocycles. The van der Waals surface area contributed by atoms with E-state index >= 15 is 0 Å². The molecule has 9 nitrogen and oxygen atoms in total. The molecule has 0 saturated carbocycles. The van der Waals surface area contributed by atoms with Gasteiger partial charge in [0.25, 0.3) is 0 Å². The standard InChI is InChI=1S/C18H24F3N7O2/c1-22-17(23-7-8-30-16-6-3-12(9-24-16)18(19,20)21)25-13-4-5-15-26-14(11-29-2)27-28(15)10-13/h3,6,9,13H,4-5,7-8,10-11H2,1-2H3,(H2,22,23,25). The molecule has 0 amide bonds. The number of hydrogen-bond donors (Lipinski definition) is 2. The van der Waals surface area contributed by atoms with Crippen LogP contribution in [0.15, 0.2) is 23.3 Å². The maximum Gasteiger partial charge on any atom is 0.417 e. The molecule has 1 atom stereocenters. The van der Waals surface area contributed by atoms with E-state index in [2.05, 4.69) is 30.7 Å². The van der Waals surface area contributed by atoms with Crippen LogP contribution in [0.3, 0.4) is 0 Å². The molecule has 0 aromatic carbocycles. The van der Waals surface area contributed by atoms with Crippen molar-refractivity contribution in [2.75, 3.05) is 27.3 Å². The van der Waals surface area contributed by atoms with Crippen molar-refractivity contribution in [3.8, 4) is 5.88 Å². The van der Waals surface area contributed by atoms with E-state index < -0.39 is 11.7 Å². The number of aryl methyl sites for hydroxylation is 1. The van der Waals surface area contributed by atoms with Crippen LogP contribution < -0.4 is 15.4 Å². The van der Waals surface area contributed by atoms with E-state index in [4.69, 9.17) is 9.47 Å². The van der Waals surface area contributed by atoms with E-state index in [0.29, 0.717) is 31.5 Å². The Hall–Kier alpha value is -2.89. The molecular formula is C18H24F3N7O2. The van der Waals surface area contributed by atoms with Crippen molar-refractivity contribution in [2.45, 2.75) is 38.2 Å². The van der Waals surface area contributed by atoms with Crippen LogP contribution >= 0.6 is 0 Å². The molecule has 164 valence electrons. The summed E-state index contributed by atoms with van der Waals surface area (Å²) in [5.74, 6) is 2.35. The van der Waals surface area contributed by atoms with Crippen molar-refractivity contribution in [1.82, 2.24) is 30.4 Å². The SMILES string of the molecule is CN=C(NCCOc1ccc(C(F)(F)F)cn1)NC1CCc2nc(COC)nn2C1. The van der Waals surface area contributed by atoms with Crippen LogP contribution in [0.4, 0.5) is 13.2 Å². The van der Waals surface area contributed by atoms with Gasteiger partial charge in [-0.15, -0.1) is 0 Å². The van der Waals surface area contributed by atoms with Gasteiger partial charge in [0.15, 0.2) is 11.8 Å². The Morgan fingerprint density at radius 2 is 2.20 bits per heavy atom. The van der Waals surface area contributed by atoms with Gasteiger partial charge in [-0.1, -0.05) is 0 Å². The Morgan fingerprint density at radius 1 is 1.37 bits per heavy atom. The largest absolute Gasteiger partial charge is 0.476 e. The molecule has 1 aliphatic heterocycles. The van der Waals surface area contributed by atoms with Gasteiger partial charge in [-0.3, -0.25) is 4.99 Å². The van der Waals surface area contributed by atoms with Gasteiger partial charge in [0, 0.05) is 38.9 Å². The first-order chi connectivity index (χ1) is 14.4. The Bertz CT molecular complexity index is 852. The number of rotatable bonds is 7. The van der Waals surface area contributed by atoms with Crippen molar-refractivity contribution >= 4 is 5.96 Å². The Morgan fingerprint density at radius 3 is 2.87 bits per heavy atom. The number of aliphatic imine (C=N–C) groups is 1. The highest BCUT2D eigenvalue weighted by Gasteiger charge is 2.30. The van der Waals surface area contributed by atoms with E-state index in [0.717, 1.165) is 30.9 Å². The van der Waals surface area contributed by atoms with Crippen molar-refractivity contribution in [2.24, 2.45) is 4.99 Å². The lowest BCUT2D eigenvalue weighted by molar-refractivity contribution is -0.137. The molecule has 0 spiro atoms. The lowest BCUT2D eigenvalue weighted by Gasteiger charge is -2.25. The minimum absolute atomic E-state index is 0.130. The molecule has 2 aromatic rings. The third kappa shape index (κ3) is 5.81. The molecular weight excluding hydrogens is 403 g/mol. The van der Waals surface area contributed by atoms with Crippen LogP contribution in [0.2, 0.25) is 0 Å². The van der Waals surface area contributed by atoms with Gasteiger partial charge in [0.1, 0.15) is 19.0 Å². The summed E-state index contributed by atoms with van der Waals surface area (Å²) in [5.41, 5.74) is -0.810. The first-order valence-corrected chi connectivity index (χ1v) is 9.44. The monoisotopic (exact) mass is 427 g/mol. The van der Waals surface area contributed by atoms with Crippen molar-refractivity contribution in [3.05, 3.63) is 35.5 Å². The highest BCUT2D eigenvalue weighted by molar-refractivity contribution is 5.79. The zero-order chi connectivity index (χ0) is 21.6. The number of nitrogens with one attached hydrogen (secondary N) is 2. The number of alkyl halides is 3. The fraction of sp³-hybridized carbons (Fsp3) is 0.556. The van der Waals surface area contributed by atoms with Gasteiger partial charge < -0.3 is 20.1 Å². The molecule has 2 N–H and O–H groups in total. The topological polar surface area (TPSA) is 98.5 Å². The van der Waals surface area contributed by atoms with Gasteiger partial charge in [-0.2, -0.15) is 18.3 Å². The zero-order valence-corrected chi connectivity index (χ0v) is 16.7. The maximum absolute atomic E-state index is 12.5. The number of halogens is 3. The van der Waals surface area contributed by atoms with Crippen molar-refractivity contribution in [3.63, 3.8) is 0 Å². The van der Waals surface area contributed by atoms with Crippen LogP contribution in [-0.2, 0) is 30.5 Å². The minimum atomic E-state index is -4.41. The predicted octanol–water partition coefficient (Wildman–Crippen LogP) is 1.40. The maximum atomic E-state index is 12.5. The summed E-state index contributed by atoms with van der Waals surface area (Å²) in [6, 6.07) is 2.28. The molecule has 0 aliphatic carbocycles. The average Bonchev–Trinajstić information content (AvgIpc) is 3.12. The van der Waals surface area contributed by atoms with Gasteiger partial charge in [-0.05, 0) is 12.5 Å². The molecule has 1 unspecified atom stereocenters. The number of guanidine groups is 1. The number of hydrogen-bond acceptors (Lipinski definition) is 6. The van der Waals surface area contributed by atoms with Crippen LogP contribution in [-0.4, -0.2) is 59.1 Å². The second-order valence-electron chi connectivity index (χ2n) is 6.67. The Labute approximate surface area is 171 Å². The van der Waals surface area contributed by atoms with Gasteiger partial charge in [-0.25, -0.2) is 14.6 Å². The summed E-state index contributed by atoms with van der Waals surface area (Å²) in [6.45, 7) is 1.67. The second-order valence-corrected chi connectivity index (χ2v) is 6.67. The number of ether oxygens (including phenoxy) is 2. The van der Waals surface area contributed by atoms with Crippen molar-refractivity contribution in [1.29, 1.82) is 0 Å². The van der Waals surface area contributed by atoms with Gasteiger partial charge >= 0.3 is 6.18 Å². The Kier molecular flexibility index (Phi) is 7.08. The van der Waals surface area contributed by atoms with Crippen LogP contribution in [0, 0.1) is 0 Å². The van der Waals surface area contributed by atoms with Gasteiger partial charge in [0.2, 0.25) is 5.88 Å². The summed E-state index contributed by atoms with van der Waals surface area (Å²) >= 11 is 0. The lowest BCUT2D eigenvalue weighted by atomic mass is 10.1. The quantitative estimate of drug-likeness (QED) is 0.392. The summed E-state index contributed by atoms with van der Waals surface area (Å²) in [6.07, 6.45) is -1.97. The molecule has 0 fully saturated rings. The highest BCUT2D eigenvalue weighted by Crippen LogP contribution is 2.29. The summed E-state index contributed by atoms with van der Waals surface area (Å²) in [4.78, 5) is 12.3.